The molecule has 39 heavy (non-hydrogen) atoms. The first-order valence-electron chi connectivity index (χ1n) is 12.5. The van der Waals surface area contributed by atoms with Crippen molar-refractivity contribution in [2.45, 2.75) is 45.7 Å². The van der Waals surface area contributed by atoms with E-state index in [0.29, 0.717) is 41.2 Å². The number of fused-ring (bicyclic) bond motifs is 2. The Balaban J connectivity index is 1.57. The third-order valence-corrected chi connectivity index (χ3v) is 6.60. The normalized spacial score (nSPS) is 12.8. The van der Waals surface area contributed by atoms with Gasteiger partial charge in [0.15, 0.2) is 5.69 Å². The van der Waals surface area contributed by atoms with Crippen LogP contribution in [0, 0.1) is 5.82 Å². The summed E-state index contributed by atoms with van der Waals surface area (Å²) in [5, 5.41) is 15.7. The number of alkyl halides is 2. The van der Waals surface area contributed by atoms with Crippen LogP contribution in [0.5, 0.6) is 5.75 Å². The molecular weight excluding hydrogens is 513 g/mol. The van der Waals surface area contributed by atoms with Crippen molar-refractivity contribution in [1.82, 2.24) is 24.7 Å². The second-order valence-corrected chi connectivity index (χ2v) is 9.47. The SMILES string of the molecule is CC(C)c1ccc(-c2cnc(NCc3c(F)ccc4c3CCO4)n3cnc(C(=O)O)c23)c(CNCC(F)F)n1. The van der Waals surface area contributed by atoms with E-state index < -0.39 is 18.9 Å². The van der Waals surface area contributed by atoms with Gasteiger partial charge in [-0.05, 0) is 24.1 Å². The number of imidazole rings is 1. The molecule has 1 aliphatic heterocycles. The second kappa shape index (κ2) is 10.9. The monoisotopic (exact) mass is 540 g/mol. The van der Waals surface area contributed by atoms with Gasteiger partial charge in [-0.3, -0.25) is 9.38 Å². The maximum Gasteiger partial charge on any atom is 0.356 e. The molecule has 0 fully saturated rings. The number of ether oxygens (including phenoxy) is 1. The standard InChI is InChI=1S/C27H27F3N6O3/c1-14(2)20-5-3-15(21(35-20)11-31-12-23(29)30)18-10-33-27(36-13-34-24(25(18)36)26(37)38)32-9-17-16-7-8-39-22(16)6-4-19(17)28/h3-6,10,13-14,23,31H,7-9,11-12H2,1-2H3,(H,32,33)(H,37,38). The van der Waals surface area contributed by atoms with Gasteiger partial charge in [-0.25, -0.2) is 27.9 Å². The largest absolute Gasteiger partial charge is 0.493 e. The molecule has 3 aromatic heterocycles. The Morgan fingerprint density at radius 3 is 2.72 bits per heavy atom. The van der Waals surface area contributed by atoms with Crippen LogP contribution in [0.25, 0.3) is 16.6 Å². The summed E-state index contributed by atoms with van der Waals surface area (Å²) >= 11 is 0. The third kappa shape index (κ3) is 5.24. The number of anilines is 1. The van der Waals surface area contributed by atoms with Crippen molar-refractivity contribution in [2.75, 3.05) is 18.5 Å². The van der Waals surface area contributed by atoms with Crippen molar-refractivity contribution >= 4 is 17.4 Å². The predicted octanol–water partition coefficient (Wildman–Crippen LogP) is 4.65. The molecular formula is C27H27F3N6O3. The van der Waals surface area contributed by atoms with Crippen molar-refractivity contribution in [1.29, 1.82) is 0 Å². The molecule has 0 saturated carbocycles. The summed E-state index contributed by atoms with van der Waals surface area (Å²) in [5.41, 5.74) is 3.47. The first-order valence-corrected chi connectivity index (χ1v) is 12.5. The van der Waals surface area contributed by atoms with E-state index in [-0.39, 0.29) is 42.0 Å². The number of aromatic carboxylic acids is 1. The molecule has 0 spiro atoms. The lowest BCUT2D eigenvalue weighted by Crippen LogP contribution is -2.22. The van der Waals surface area contributed by atoms with Gasteiger partial charge in [0.05, 0.1) is 24.4 Å². The molecule has 0 bridgehead atoms. The molecule has 1 aromatic carbocycles. The van der Waals surface area contributed by atoms with E-state index in [1.165, 1.54) is 23.0 Å². The van der Waals surface area contributed by atoms with E-state index in [1.54, 1.807) is 12.1 Å². The minimum absolute atomic E-state index is 0.0450. The number of hydrogen-bond acceptors (Lipinski definition) is 7. The molecule has 3 N–H and O–H groups in total. The molecule has 4 heterocycles. The second-order valence-electron chi connectivity index (χ2n) is 9.47. The van der Waals surface area contributed by atoms with Crippen LogP contribution in [0.15, 0.2) is 36.8 Å². The average Bonchev–Trinajstić information content (AvgIpc) is 3.56. The molecule has 1 aliphatic rings. The third-order valence-electron chi connectivity index (χ3n) is 6.60. The van der Waals surface area contributed by atoms with Crippen LogP contribution in [0.4, 0.5) is 19.1 Å². The Hall–Kier alpha value is -4.19. The fourth-order valence-electron chi connectivity index (χ4n) is 4.69. The molecule has 0 radical (unpaired) electrons. The summed E-state index contributed by atoms with van der Waals surface area (Å²) in [6, 6.07) is 6.56. The lowest BCUT2D eigenvalue weighted by atomic mass is 10.0. The molecule has 204 valence electrons. The quantitative estimate of drug-likeness (QED) is 0.266. The van der Waals surface area contributed by atoms with Gasteiger partial charge in [-0.1, -0.05) is 19.9 Å². The van der Waals surface area contributed by atoms with Gasteiger partial charge >= 0.3 is 5.97 Å². The van der Waals surface area contributed by atoms with Crippen LogP contribution in [0.2, 0.25) is 0 Å². The Kier molecular flexibility index (Phi) is 7.38. The van der Waals surface area contributed by atoms with Crippen molar-refractivity contribution in [3.05, 3.63) is 70.8 Å². The van der Waals surface area contributed by atoms with Gasteiger partial charge < -0.3 is 20.5 Å². The predicted molar refractivity (Wildman–Crippen MR) is 138 cm³/mol. The Bertz CT molecular complexity index is 1540. The molecule has 12 heteroatoms. The highest BCUT2D eigenvalue weighted by Crippen LogP contribution is 2.33. The number of carboxylic acid groups (broad SMARTS) is 1. The number of nitrogens with zero attached hydrogens (tertiary/aromatic N) is 4. The summed E-state index contributed by atoms with van der Waals surface area (Å²) in [6.45, 7) is 4.04. The fraction of sp³-hybridized carbons (Fsp3) is 0.333. The van der Waals surface area contributed by atoms with Crippen LogP contribution >= 0.6 is 0 Å². The number of halogens is 3. The van der Waals surface area contributed by atoms with Crippen LogP contribution in [-0.4, -0.2) is 50.0 Å². The first-order chi connectivity index (χ1) is 18.7. The molecule has 9 nitrogen and oxygen atoms in total. The van der Waals surface area contributed by atoms with Gasteiger partial charge in [-0.2, -0.15) is 0 Å². The van der Waals surface area contributed by atoms with Crippen LogP contribution in [-0.2, 0) is 19.5 Å². The van der Waals surface area contributed by atoms with Crippen molar-refractivity contribution in [2.24, 2.45) is 0 Å². The minimum atomic E-state index is -2.53. The number of aromatic nitrogens is 4. The summed E-state index contributed by atoms with van der Waals surface area (Å²) < 4.78 is 47.3. The number of rotatable bonds is 10. The van der Waals surface area contributed by atoms with Gasteiger partial charge in [-0.15, -0.1) is 0 Å². The van der Waals surface area contributed by atoms with E-state index in [0.717, 1.165) is 11.3 Å². The lowest BCUT2D eigenvalue weighted by Gasteiger charge is -2.16. The number of carbonyl (C=O) groups is 1. The minimum Gasteiger partial charge on any atom is -0.493 e. The van der Waals surface area contributed by atoms with Crippen LogP contribution in [0.3, 0.4) is 0 Å². The zero-order chi connectivity index (χ0) is 27.7. The van der Waals surface area contributed by atoms with Gasteiger partial charge in [0, 0.05) is 53.7 Å². The number of hydrogen-bond donors (Lipinski definition) is 3. The highest BCUT2D eigenvalue weighted by atomic mass is 19.3. The summed E-state index contributed by atoms with van der Waals surface area (Å²) in [5.74, 6) is -0.637. The van der Waals surface area contributed by atoms with Gasteiger partial charge in [0.2, 0.25) is 5.95 Å². The molecule has 4 aromatic rings. The average molecular weight is 541 g/mol. The molecule has 0 unspecified atom stereocenters. The number of benzene rings is 1. The van der Waals surface area contributed by atoms with E-state index in [2.05, 4.69) is 25.6 Å². The van der Waals surface area contributed by atoms with Crippen molar-refractivity contribution in [3.63, 3.8) is 0 Å². The first kappa shape index (κ1) is 26.4. The number of nitrogens with one attached hydrogen (secondary N) is 2. The molecule has 0 amide bonds. The highest BCUT2D eigenvalue weighted by Gasteiger charge is 2.23. The molecule has 0 aliphatic carbocycles. The molecule has 0 atom stereocenters. The Morgan fingerprint density at radius 2 is 1.97 bits per heavy atom. The van der Waals surface area contributed by atoms with Crippen LogP contribution < -0.4 is 15.4 Å². The Labute approximate surface area is 222 Å². The fourth-order valence-corrected chi connectivity index (χ4v) is 4.69. The zero-order valence-electron chi connectivity index (χ0n) is 21.3. The number of pyridine rings is 1. The molecule has 0 saturated heterocycles. The topological polar surface area (TPSA) is 114 Å². The van der Waals surface area contributed by atoms with E-state index in [9.17, 15) is 23.1 Å². The van der Waals surface area contributed by atoms with E-state index in [1.807, 2.05) is 19.9 Å². The van der Waals surface area contributed by atoms with Crippen molar-refractivity contribution < 1.29 is 27.8 Å². The maximum atomic E-state index is 14.7. The van der Waals surface area contributed by atoms with E-state index in [4.69, 9.17) is 4.74 Å². The summed E-state index contributed by atoms with van der Waals surface area (Å²) in [7, 11) is 0. The molecule has 5 rings (SSSR count). The smallest absolute Gasteiger partial charge is 0.356 e. The Morgan fingerprint density at radius 1 is 1.15 bits per heavy atom. The van der Waals surface area contributed by atoms with Crippen molar-refractivity contribution in [3.8, 4) is 16.9 Å². The summed E-state index contributed by atoms with van der Waals surface area (Å²) in [4.78, 5) is 25.4. The zero-order valence-corrected chi connectivity index (χ0v) is 21.3. The number of carboxylic acids is 1. The van der Waals surface area contributed by atoms with Crippen LogP contribution in [0.1, 0.15) is 52.8 Å². The highest BCUT2D eigenvalue weighted by molar-refractivity contribution is 5.99. The van der Waals surface area contributed by atoms with E-state index >= 15 is 0 Å². The van der Waals surface area contributed by atoms with Gasteiger partial charge in [0.1, 0.15) is 17.9 Å². The maximum absolute atomic E-state index is 14.7. The summed E-state index contributed by atoms with van der Waals surface area (Å²) in [6.07, 6.45) is 0.874. The van der Waals surface area contributed by atoms with Gasteiger partial charge in [0.25, 0.3) is 6.43 Å². The lowest BCUT2D eigenvalue weighted by molar-refractivity contribution is 0.0693.